The highest BCUT2D eigenvalue weighted by molar-refractivity contribution is 5.72. The number of aldehydes is 1. The second-order valence-corrected chi connectivity index (χ2v) is 7.98. The lowest BCUT2D eigenvalue weighted by Crippen LogP contribution is -2.04. The van der Waals surface area contributed by atoms with Crippen LogP contribution in [0.1, 0.15) is 34.6 Å². The Bertz CT molecular complexity index is 1300. The van der Waals surface area contributed by atoms with Gasteiger partial charge in [-0.2, -0.15) is 10.4 Å². The predicted octanol–water partition coefficient (Wildman–Crippen LogP) is 4.47. The molecule has 3 aromatic heterocycles. The van der Waals surface area contributed by atoms with Gasteiger partial charge in [0.25, 0.3) is 0 Å². The quantitative estimate of drug-likeness (QED) is 0.392. The summed E-state index contributed by atoms with van der Waals surface area (Å²) in [6.45, 7) is 2.99. The van der Waals surface area contributed by atoms with E-state index < -0.39 is 0 Å². The van der Waals surface area contributed by atoms with Crippen LogP contribution in [0, 0.1) is 24.2 Å². The fourth-order valence-electron chi connectivity index (χ4n) is 3.17. The Morgan fingerprint density at radius 2 is 2.06 bits per heavy atom. The molecule has 9 heteroatoms. The summed E-state index contributed by atoms with van der Waals surface area (Å²) in [5.41, 5.74) is 4.41. The normalized spacial score (nSPS) is 12.3. The molecule has 2 N–H and O–H groups in total. The van der Waals surface area contributed by atoms with Gasteiger partial charge in [-0.3, -0.25) is 4.79 Å². The van der Waals surface area contributed by atoms with Crippen molar-refractivity contribution in [2.75, 3.05) is 24.2 Å². The van der Waals surface area contributed by atoms with Crippen LogP contribution in [0.2, 0.25) is 0 Å². The van der Waals surface area contributed by atoms with E-state index in [-0.39, 0.29) is 0 Å². The number of hydrogen-bond donors (Lipinski definition) is 2. The molecule has 0 aliphatic heterocycles. The summed E-state index contributed by atoms with van der Waals surface area (Å²) in [7, 11) is 1.78. The number of nitriles is 1. The van der Waals surface area contributed by atoms with E-state index >= 15 is 0 Å². The lowest BCUT2D eigenvalue weighted by molar-refractivity contribution is 0.111. The molecule has 0 spiro atoms. The van der Waals surface area contributed by atoms with E-state index in [1.807, 2.05) is 49.5 Å². The number of nitrogens with one attached hydrogen (secondary N) is 2. The summed E-state index contributed by atoms with van der Waals surface area (Å²) in [6, 6.07) is 13.7. The number of hydrogen-bond acceptors (Lipinski definition) is 8. The first-order valence-electron chi connectivity index (χ1n) is 10.9. The van der Waals surface area contributed by atoms with E-state index in [1.165, 1.54) is 24.7 Å². The van der Waals surface area contributed by atoms with E-state index in [2.05, 4.69) is 31.8 Å². The minimum absolute atomic E-state index is 0.300. The number of carbonyl (C=O) groups excluding carboxylic acids is 1. The summed E-state index contributed by atoms with van der Waals surface area (Å²) in [5.74, 6) is 2.04. The number of aryl methyl sites for hydroxylation is 1. The molecule has 9 nitrogen and oxygen atoms in total. The molecule has 0 bridgehead atoms. The van der Waals surface area contributed by atoms with Crippen LogP contribution in [-0.2, 0) is 0 Å². The third-order valence-electron chi connectivity index (χ3n) is 5.31. The van der Waals surface area contributed by atoms with Crippen LogP contribution in [0.15, 0.2) is 59.5 Å². The van der Waals surface area contributed by atoms with E-state index in [4.69, 9.17) is 9.68 Å². The fourth-order valence-corrected chi connectivity index (χ4v) is 3.17. The first-order chi connectivity index (χ1) is 16.6. The van der Waals surface area contributed by atoms with Gasteiger partial charge >= 0.3 is 0 Å². The molecule has 172 valence electrons. The maximum Gasteiger partial charge on any atom is 0.226 e. The van der Waals surface area contributed by atoms with Crippen LogP contribution in [-0.4, -0.2) is 39.6 Å². The molecule has 1 saturated carbocycles. The molecule has 3 heterocycles. The van der Waals surface area contributed by atoms with Gasteiger partial charge in [0, 0.05) is 25.4 Å². The van der Waals surface area contributed by atoms with Gasteiger partial charge in [-0.1, -0.05) is 17.7 Å². The smallest absolute Gasteiger partial charge is 0.226 e. The lowest BCUT2D eigenvalue weighted by atomic mass is 10.2. The molecule has 4 aromatic rings. The Hall–Kier alpha value is -4.45. The number of benzene rings is 1. The van der Waals surface area contributed by atoms with Crippen LogP contribution in [0.5, 0.6) is 0 Å². The summed E-state index contributed by atoms with van der Waals surface area (Å²) in [5, 5.41) is 19.3. The van der Waals surface area contributed by atoms with Crippen LogP contribution >= 0.6 is 0 Å². The molecule has 1 aromatic carbocycles. The molecule has 0 radical (unpaired) electrons. The van der Waals surface area contributed by atoms with Crippen molar-refractivity contribution in [2.45, 2.75) is 19.8 Å². The van der Waals surface area contributed by atoms with E-state index in [0.29, 0.717) is 23.6 Å². The van der Waals surface area contributed by atoms with Gasteiger partial charge in [-0.15, -0.1) is 0 Å². The Morgan fingerprint density at radius 1 is 1.26 bits per heavy atom. The van der Waals surface area contributed by atoms with Crippen LogP contribution in [0.3, 0.4) is 0 Å². The van der Waals surface area contributed by atoms with Crippen molar-refractivity contribution < 1.29 is 9.21 Å². The van der Waals surface area contributed by atoms with E-state index in [9.17, 15) is 4.79 Å². The summed E-state index contributed by atoms with van der Waals surface area (Å²) in [4.78, 5) is 18.9. The van der Waals surface area contributed by atoms with Crippen molar-refractivity contribution in [3.63, 3.8) is 0 Å². The topological polar surface area (TPSA) is 122 Å². The van der Waals surface area contributed by atoms with Crippen molar-refractivity contribution in [1.82, 2.24) is 19.7 Å². The number of pyridine rings is 1. The van der Waals surface area contributed by atoms with Crippen molar-refractivity contribution in [3.8, 4) is 23.2 Å². The maximum absolute atomic E-state index is 10.6. The predicted molar refractivity (Wildman–Crippen MR) is 129 cm³/mol. The Kier molecular flexibility index (Phi) is 6.98. The number of rotatable bonds is 7. The molecule has 1 aliphatic rings. The second kappa shape index (κ2) is 10.4. The Balaban J connectivity index is 0.000000162. The molecule has 5 rings (SSSR count). The summed E-state index contributed by atoms with van der Waals surface area (Å²) in [6.07, 6.45) is 8.13. The van der Waals surface area contributed by atoms with Crippen molar-refractivity contribution in [1.29, 1.82) is 5.26 Å². The molecular formula is C25H25N7O2. The number of nitrogens with zero attached hydrogens (tertiary/aromatic N) is 5. The summed E-state index contributed by atoms with van der Waals surface area (Å²) >= 11 is 0. The van der Waals surface area contributed by atoms with Crippen LogP contribution in [0.25, 0.3) is 17.1 Å². The first-order valence-corrected chi connectivity index (χ1v) is 10.9. The Morgan fingerprint density at radius 3 is 2.68 bits per heavy atom. The van der Waals surface area contributed by atoms with Crippen molar-refractivity contribution in [3.05, 3.63) is 72.0 Å². The van der Waals surface area contributed by atoms with Gasteiger partial charge in [0.05, 0.1) is 17.6 Å². The highest BCUT2D eigenvalue weighted by Gasteiger charge is 2.20. The van der Waals surface area contributed by atoms with Gasteiger partial charge in [0.2, 0.25) is 5.89 Å². The number of anilines is 2. The molecule has 0 saturated heterocycles. The lowest BCUT2D eigenvalue weighted by Gasteiger charge is -2.04. The Labute approximate surface area is 197 Å². The number of carbonyl (C=O) groups is 1. The molecule has 1 fully saturated rings. The standard InChI is InChI=1S/C13H13N3O2.C12H12N4/c17-7-11-8-18-13(16-11)10-3-4-14-12(5-10)15-6-9-1-2-9;1-9-3-5-10(6-4-9)16-8-12(14-2)11(7-13)15-16/h3-5,7-9H,1-2,6H2,(H,14,15);3-6,8,14H,1-2H3. The zero-order chi connectivity index (χ0) is 23.9. The first kappa shape index (κ1) is 22.7. The average molecular weight is 456 g/mol. The van der Waals surface area contributed by atoms with Gasteiger partial charge in [-0.05, 0) is 49.9 Å². The van der Waals surface area contributed by atoms with Gasteiger partial charge in [0.1, 0.15) is 23.8 Å². The van der Waals surface area contributed by atoms with Gasteiger partial charge < -0.3 is 15.1 Å². The molecule has 0 unspecified atom stereocenters. The molecule has 0 amide bonds. The second-order valence-electron chi connectivity index (χ2n) is 7.98. The van der Waals surface area contributed by atoms with Crippen molar-refractivity contribution >= 4 is 17.8 Å². The highest BCUT2D eigenvalue weighted by Crippen LogP contribution is 2.29. The summed E-state index contributed by atoms with van der Waals surface area (Å²) < 4.78 is 6.93. The molecular weight excluding hydrogens is 430 g/mol. The van der Waals surface area contributed by atoms with Gasteiger partial charge in [-0.25, -0.2) is 14.6 Å². The number of oxazole rings is 1. The fraction of sp³-hybridized carbons (Fsp3) is 0.240. The molecule has 0 atom stereocenters. The monoisotopic (exact) mass is 455 g/mol. The average Bonchev–Trinajstić information content (AvgIpc) is 3.41. The maximum atomic E-state index is 10.6. The largest absolute Gasteiger partial charge is 0.444 e. The zero-order valence-corrected chi connectivity index (χ0v) is 19.0. The molecule has 1 aliphatic carbocycles. The van der Waals surface area contributed by atoms with Gasteiger partial charge in [0.15, 0.2) is 12.0 Å². The minimum Gasteiger partial charge on any atom is -0.444 e. The highest BCUT2D eigenvalue weighted by atomic mass is 16.3. The van der Waals surface area contributed by atoms with E-state index in [1.54, 1.807) is 17.9 Å². The third kappa shape index (κ3) is 5.66. The zero-order valence-electron chi connectivity index (χ0n) is 19.0. The van der Waals surface area contributed by atoms with Crippen LogP contribution in [0.4, 0.5) is 11.5 Å². The van der Waals surface area contributed by atoms with E-state index in [0.717, 1.165) is 35.2 Å². The number of aromatic nitrogens is 4. The van der Waals surface area contributed by atoms with Crippen molar-refractivity contribution in [2.24, 2.45) is 5.92 Å². The SMILES string of the molecule is CNc1cn(-c2ccc(C)cc2)nc1C#N.O=Cc1coc(-c2ccnc(NCC3CC3)c2)n1. The molecule has 34 heavy (non-hydrogen) atoms. The third-order valence-corrected chi connectivity index (χ3v) is 5.31. The van der Waals surface area contributed by atoms with Crippen LogP contribution < -0.4 is 10.6 Å². The minimum atomic E-state index is 0.300.